The number of aryl methyl sites for hydroxylation is 1. The number of aliphatic hydroxyl groups is 1. The van der Waals surface area contributed by atoms with E-state index in [0.29, 0.717) is 18.5 Å². The number of anilines is 1. The summed E-state index contributed by atoms with van der Waals surface area (Å²) in [4.78, 5) is 23.7. The maximum absolute atomic E-state index is 11.9. The van der Waals surface area contributed by atoms with Crippen LogP contribution in [0, 0.1) is 0 Å². The van der Waals surface area contributed by atoms with Crippen molar-refractivity contribution in [2.24, 2.45) is 0 Å². The number of carbonyl (C=O) groups excluding carboxylic acids is 2. The van der Waals surface area contributed by atoms with E-state index in [4.69, 9.17) is 0 Å². The minimum Gasteiger partial charge on any atom is -0.388 e. The molecule has 0 bridgehead atoms. The van der Waals surface area contributed by atoms with Gasteiger partial charge >= 0.3 is 11.8 Å². The Balaban J connectivity index is 1.89. The molecule has 0 radical (unpaired) electrons. The van der Waals surface area contributed by atoms with E-state index in [2.05, 4.69) is 10.6 Å². The molecule has 0 spiro atoms. The Morgan fingerprint density at radius 2 is 1.86 bits per heavy atom. The molecular formula is C16H22N2O3. The summed E-state index contributed by atoms with van der Waals surface area (Å²) in [6.07, 6.45) is 4.05. The molecule has 0 aliphatic heterocycles. The molecule has 2 amide bonds. The van der Waals surface area contributed by atoms with Gasteiger partial charge in [0.1, 0.15) is 0 Å². The van der Waals surface area contributed by atoms with Gasteiger partial charge in [0, 0.05) is 12.2 Å². The van der Waals surface area contributed by atoms with Gasteiger partial charge in [0.25, 0.3) is 0 Å². The SMILES string of the molecule is CCc1ccccc1NC(=O)C(=O)NCC1(O)CCCC1. The van der Waals surface area contributed by atoms with Crippen molar-refractivity contribution in [3.05, 3.63) is 29.8 Å². The summed E-state index contributed by atoms with van der Waals surface area (Å²) in [5, 5.41) is 15.3. The van der Waals surface area contributed by atoms with Crippen molar-refractivity contribution in [3.63, 3.8) is 0 Å². The van der Waals surface area contributed by atoms with Gasteiger partial charge in [-0.1, -0.05) is 38.0 Å². The van der Waals surface area contributed by atoms with Gasteiger partial charge in [-0.15, -0.1) is 0 Å². The smallest absolute Gasteiger partial charge is 0.313 e. The molecule has 0 aromatic heterocycles. The zero-order valence-corrected chi connectivity index (χ0v) is 12.3. The van der Waals surface area contributed by atoms with Gasteiger partial charge in [-0.25, -0.2) is 0 Å². The molecule has 0 heterocycles. The molecule has 3 N–H and O–H groups in total. The highest BCUT2D eigenvalue weighted by atomic mass is 16.3. The van der Waals surface area contributed by atoms with Crippen molar-refractivity contribution < 1.29 is 14.7 Å². The lowest BCUT2D eigenvalue weighted by Crippen LogP contribution is -2.44. The van der Waals surface area contributed by atoms with Gasteiger partial charge in [-0.3, -0.25) is 9.59 Å². The number of hydrogen-bond donors (Lipinski definition) is 3. The summed E-state index contributed by atoms with van der Waals surface area (Å²) < 4.78 is 0. The molecule has 1 aliphatic carbocycles. The van der Waals surface area contributed by atoms with Crippen LogP contribution in [0.4, 0.5) is 5.69 Å². The van der Waals surface area contributed by atoms with Crippen LogP contribution >= 0.6 is 0 Å². The van der Waals surface area contributed by atoms with E-state index in [1.165, 1.54) is 0 Å². The van der Waals surface area contributed by atoms with Crippen LogP contribution in [-0.2, 0) is 16.0 Å². The van der Waals surface area contributed by atoms with E-state index in [-0.39, 0.29) is 6.54 Å². The zero-order chi connectivity index (χ0) is 15.3. The van der Waals surface area contributed by atoms with Crippen molar-refractivity contribution >= 4 is 17.5 Å². The number of rotatable bonds is 4. The zero-order valence-electron chi connectivity index (χ0n) is 12.3. The van der Waals surface area contributed by atoms with Gasteiger partial charge in [0.2, 0.25) is 0 Å². The Labute approximate surface area is 124 Å². The molecule has 1 fully saturated rings. The number of hydrogen-bond acceptors (Lipinski definition) is 3. The van der Waals surface area contributed by atoms with Gasteiger partial charge in [-0.2, -0.15) is 0 Å². The Morgan fingerprint density at radius 1 is 1.19 bits per heavy atom. The van der Waals surface area contributed by atoms with Crippen molar-refractivity contribution in [3.8, 4) is 0 Å². The molecular weight excluding hydrogens is 268 g/mol. The molecule has 0 atom stereocenters. The van der Waals surface area contributed by atoms with Gasteiger partial charge in [-0.05, 0) is 30.9 Å². The monoisotopic (exact) mass is 290 g/mol. The largest absolute Gasteiger partial charge is 0.388 e. The van der Waals surface area contributed by atoms with E-state index in [9.17, 15) is 14.7 Å². The van der Waals surface area contributed by atoms with Crippen LogP contribution in [0.1, 0.15) is 38.2 Å². The molecule has 114 valence electrons. The van der Waals surface area contributed by atoms with E-state index >= 15 is 0 Å². The van der Waals surface area contributed by atoms with Gasteiger partial charge in [0.15, 0.2) is 0 Å². The quantitative estimate of drug-likeness (QED) is 0.737. The van der Waals surface area contributed by atoms with Gasteiger partial charge < -0.3 is 15.7 Å². The average Bonchev–Trinajstić information content (AvgIpc) is 2.92. The first-order chi connectivity index (χ1) is 10.0. The van der Waals surface area contributed by atoms with Crippen LogP contribution in [0.5, 0.6) is 0 Å². The molecule has 21 heavy (non-hydrogen) atoms. The summed E-state index contributed by atoms with van der Waals surface area (Å²) in [5.41, 5.74) is 0.782. The maximum Gasteiger partial charge on any atom is 0.313 e. The van der Waals surface area contributed by atoms with E-state index in [1.54, 1.807) is 6.07 Å². The Hall–Kier alpha value is -1.88. The summed E-state index contributed by atoms with van der Waals surface area (Å²) >= 11 is 0. The normalized spacial score (nSPS) is 16.5. The summed E-state index contributed by atoms with van der Waals surface area (Å²) in [6, 6.07) is 7.39. The molecule has 0 saturated heterocycles. The number of carbonyl (C=O) groups is 2. The number of amides is 2. The van der Waals surface area contributed by atoms with Crippen LogP contribution in [0.15, 0.2) is 24.3 Å². The van der Waals surface area contributed by atoms with Crippen molar-refractivity contribution in [1.29, 1.82) is 0 Å². The molecule has 1 saturated carbocycles. The molecule has 0 unspecified atom stereocenters. The first kappa shape index (κ1) is 15.5. The third kappa shape index (κ3) is 4.04. The third-order valence-electron chi connectivity index (χ3n) is 3.96. The highest BCUT2D eigenvalue weighted by Gasteiger charge is 2.32. The second-order valence-corrected chi connectivity index (χ2v) is 5.58. The second-order valence-electron chi connectivity index (χ2n) is 5.58. The Bertz CT molecular complexity index is 522. The van der Waals surface area contributed by atoms with Gasteiger partial charge in [0.05, 0.1) is 5.60 Å². The van der Waals surface area contributed by atoms with E-state index in [1.807, 2.05) is 25.1 Å². The predicted molar refractivity (Wildman–Crippen MR) is 80.9 cm³/mol. The minimum absolute atomic E-state index is 0.134. The Kier molecular flexibility index (Phi) is 4.96. The number of para-hydroxylation sites is 1. The van der Waals surface area contributed by atoms with Crippen molar-refractivity contribution in [2.75, 3.05) is 11.9 Å². The van der Waals surface area contributed by atoms with E-state index in [0.717, 1.165) is 24.8 Å². The number of benzene rings is 1. The predicted octanol–water partition coefficient (Wildman–Crippen LogP) is 1.61. The van der Waals surface area contributed by atoms with Crippen molar-refractivity contribution in [2.45, 2.75) is 44.6 Å². The summed E-state index contributed by atoms with van der Waals surface area (Å²) in [6.45, 7) is 2.12. The van der Waals surface area contributed by atoms with Crippen LogP contribution in [0.3, 0.4) is 0 Å². The lowest BCUT2D eigenvalue weighted by molar-refractivity contribution is -0.136. The van der Waals surface area contributed by atoms with Crippen molar-refractivity contribution in [1.82, 2.24) is 5.32 Å². The lowest BCUT2D eigenvalue weighted by Gasteiger charge is -2.22. The average molecular weight is 290 g/mol. The summed E-state index contributed by atoms with van der Waals surface area (Å²) in [7, 11) is 0. The lowest BCUT2D eigenvalue weighted by atomic mass is 10.0. The van der Waals surface area contributed by atoms with E-state index < -0.39 is 17.4 Å². The molecule has 5 heteroatoms. The molecule has 5 nitrogen and oxygen atoms in total. The highest BCUT2D eigenvalue weighted by molar-refractivity contribution is 6.39. The maximum atomic E-state index is 11.9. The fourth-order valence-corrected chi connectivity index (χ4v) is 2.66. The first-order valence-electron chi connectivity index (χ1n) is 7.43. The van der Waals surface area contributed by atoms with Crippen LogP contribution in [-0.4, -0.2) is 29.1 Å². The second kappa shape index (κ2) is 6.72. The number of nitrogens with one attached hydrogen (secondary N) is 2. The van der Waals surface area contributed by atoms with Crippen LogP contribution < -0.4 is 10.6 Å². The highest BCUT2D eigenvalue weighted by Crippen LogP contribution is 2.28. The molecule has 1 aromatic carbocycles. The molecule has 1 aromatic rings. The van der Waals surface area contributed by atoms with Crippen LogP contribution in [0.25, 0.3) is 0 Å². The molecule has 1 aliphatic rings. The fraction of sp³-hybridized carbons (Fsp3) is 0.500. The van der Waals surface area contributed by atoms with Crippen LogP contribution in [0.2, 0.25) is 0 Å². The minimum atomic E-state index is -0.850. The first-order valence-corrected chi connectivity index (χ1v) is 7.43. The standard InChI is InChI=1S/C16H22N2O3/c1-2-12-7-3-4-8-13(12)18-15(20)14(19)17-11-16(21)9-5-6-10-16/h3-4,7-8,21H,2,5-6,9-11H2,1H3,(H,17,19)(H,18,20). The summed E-state index contributed by atoms with van der Waals surface area (Å²) in [5.74, 6) is -1.40. The topological polar surface area (TPSA) is 78.4 Å². The molecule has 2 rings (SSSR count). The Morgan fingerprint density at radius 3 is 2.52 bits per heavy atom. The third-order valence-corrected chi connectivity index (χ3v) is 3.96. The fourth-order valence-electron chi connectivity index (χ4n) is 2.66.